The quantitative estimate of drug-likeness (QED) is 0.752. The van der Waals surface area contributed by atoms with Gasteiger partial charge >= 0.3 is 6.09 Å². The first-order valence-corrected chi connectivity index (χ1v) is 5.46. The zero-order valence-electron chi connectivity index (χ0n) is 11.0. The van der Waals surface area contributed by atoms with Crippen LogP contribution in [-0.4, -0.2) is 23.8 Å². The fourth-order valence-electron chi connectivity index (χ4n) is 0.938. The summed E-state index contributed by atoms with van der Waals surface area (Å²) in [5.74, 6) is 0.180. The Morgan fingerprint density at radius 3 is 2.19 bits per heavy atom. The van der Waals surface area contributed by atoms with E-state index in [9.17, 15) is 4.79 Å². The SMILES string of the molecule is [C-]#[N+]C(C)(CNC(=O)OC(C)(C)C)C(C)C. The highest BCUT2D eigenvalue weighted by atomic mass is 16.6. The Hall–Kier alpha value is -1.24. The van der Waals surface area contributed by atoms with Crippen molar-refractivity contribution in [2.24, 2.45) is 5.92 Å². The van der Waals surface area contributed by atoms with Gasteiger partial charge < -0.3 is 14.9 Å². The molecule has 4 nitrogen and oxygen atoms in total. The second-order valence-electron chi connectivity index (χ2n) is 5.48. The monoisotopic (exact) mass is 226 g/mol. The van der Waals surface area contributed by atoms with Gasteiger partial charge in [0.2, 0.25) is 5.54 Å². The van der Waals surface area contributed by atoms with Crippen LogP contribution in [0.25, 0.3) is 4.85 Å². The molecule has 0 aliphatic heterocycles. The van der Waals surface area contributed by atoms with Gasteiger partial charge in [-0.2, -0.15) is 0 Å². The molecule has 0 aliphatic rings. The lowest BCUT2D eigenvalue weighted by Crippen LogP contribution is -2.43. The van der Waals surface area contributed by atoms with Crippen molar-refractivity contribution in [2.75, 3.05) is 6.54 Å². The maximum atomic E-state index is 11.4. The van der Waals surface area contributed by atoms with Gasteiger partial charge in [-0.3, -0.25) is 0 Å². The molecule has 1 unspecified atom stereocenters. The highest BCUT2D eigenvalue weighted by Gasteiger charge is 2.35. The molecule has 0 saturated heterocycles. The van der Waals surface area contributed by atoms with Crippen LogP contribution in [-0.2, 0) is 4.74 Å². The highest BCUT2D eigenvalue weighted by Crippen LogP contribution is 2.20. The lowest BCUT2D eigenvalue weighted by molar-refractivity contribution is 0.0516. The summed E-state index contributed by atoms with van der Waals surface area (Å²) >= 11 is 0. The molecule has 0 radical (unpaired) electrons. The molecule has 0 aromatic heterocycles. The Kier molecular flexibility index (Phi) is 4.80. The predicted molar refractivity (Wildman–Crippen MR) is 64.1 cm³/mol. The van der Waals surface area contributed by atoms with Crippen molar-refractivity contribution in [1.82, 2.24) is 5.32 Å². The first kappa shape index (κ1) is 14.8. The molecular formula is C12H22N2O2. The van der Waals surface area contributed by atoms with Crippen LogP contribution in [0.5, 0.6) is 0 Å². The fraction of sp³-hybridized carbons (Fsp3) is 0.833. The lowest BCUT2D eigenvalue weighted by Gasteiger charge is -2.24. The van der Waals surface area contributed by atoms with Crippen LogP contribution in [0.15, 0.2) is 0 Å². The second kappa shape index (κ2) is 5.20. The molecule has 0 rings (SSSR count). The van der Waals surface area contributed by atoms with Gasteiger partial charge in [0.1, 0.15) is 5.60 Å². The van der Waals surface area contributed by atoms with Gasteiger partial charge in [-0.05, 0) is 20.8 Å². The number of carbonyl (C=O) groups excluding carboxylic acids is 1. The summed E-state index contributed by atoms with van der Waals surface area (Å²) in [4.78, 5) is 15.0. The van der Waals surface area contributed by atoms with Gasteiger partial charge in [0.05, 0.1) is 6.54 Å². The topological polar surface area (TPSA) is 42.7 Å². The molecular weight excluding hydrogens is 204 g/mol. The van der Waals surface area contributed by atoms with Crippen molar-refractivity contribution in [2.45, 2.75) is 52.7 Å². The average Bonchev–Trinajstić information content (AvgIpc) is 2.11. The Morgan fingerprint density at radius 2 is 1.88 bits per heavy atom. The minimum absolute atomic E-state index is 0.180. The molecule has 0 spiro atoms. The third kappa shape index (κ3) is 5.01. The van der Waals surface area contributed by atoms with E-state index in [1.807, 2.05) is 41.5 Å². The summed E-state index contributed by atoms with van der Waals surface area (Å²) in [5, 5.41) is 2.64. The highest BCUT2D eigenvalue weighted by molar-refractivity contribution is 5.67. The Balaban J connectivity index is 4.26. The van der Waals surface area contributed by atoms with Crippen molar-refractivity contribution in [3.63, 3.8) is 0 Å². The summed E-state index contributed by atoms with van der Waals surface area (Å²) in [7, 11) is 0. The molecule has 0 aliphatic carbocycles. The van der Waals surface area contributed by atoms with Crippen LogP contribution in [0.4, 0.5) is 4.79 Å². The first-order chi connectivity index (χ1) is 7.10. The smallest absolute Gasteiger partial charge is 0.407 e. The van der Waals surface area contributed by atoms with Crippen molar-refractivity contribution in [1.29, 1.82) is 0 Å². The van der Waals surface area contributed by atoms with E-state index in [1.54, 1.807) is 0 Å². The van der Waals surface area contributed by atoms with Crippen molar-refractivity contribution >= 4 is 6.09 Å². The number of nitrogens with zero attached hydrogens (tertiary/aromatic N) is 1. The molecule has 16 heavy (non-hydrogen) atoms. The molecule has 4 heteroatoms. The molecule has 92 valence electrons. The van der Waals surface area contributed by atoms with Gasteiger partial charge in [-0.25, -0.2) is 11.4 Å². The van der Waals surface area contributed by atoms with Crippen LogP contribution in [0.2, 0.25) is 0 Å². The lowest BCUT2D eigenvalue weighted by atomic mass is 9.89. The maximum absolute atomic E-state index is 11.4. The molecule has 0 aromatic carbocycles. The summed E-state index contributed by atoms with van der Waals surface area (Å²) in [5.41, 5.74) is -1.08. The Bertz CT molecular complexity index is 286. The Labute approximate surface area is 98.2 Å². The normalized spacial score (nSPS) is 15.1. The number of carbonyl (C=O) groups is 1. The number of nitrogens with one attached hydrogen (secondary N) is 1. The van der Waals surface area contributed by atoms with E-state index in [2.05, 4.69) is 10.2 Å². The van der Waals surface area contributed by atoms with Gasteiger partial charge in [0.15, 0.2) is 0 Å². The number of hydrogen-bond donors (Lipinski definition) is 1. The molecule has 0 bridgehead atoms. The molecule has 1 amide bonds. The third-order valence-corrected chi connectivity index (χ3v) is 2.49. The number of ether oxygens (including phenoxy) is 1. The van der Waals surface area contributed by atoms with E-state index in [4.69, 9.17) is 11.3 Å². The van der Waals surface area contributed by atoms with E-state index >= 15 is 0 Å². The minimum atomic E-state index is -0.573. The van der Waals surface area contributed by atoms with Gasteiger partial charge in [-0.15, -0.1) is 0 Å². The van der Waals surface area contributed by atoms with Crippen molar-refractivity contribution in [3.8, 4) is 0 Å². The standard InChI is InChI=1S/C12H22N2O2/c1-9(2)12(6,13-7)8-14-10(15)16-11(3,4)5/h9H,8H2,1-6H3,(H,14,15). The minimum Gasteiger partial charge on any atom is -0.444 e. The maximum Gasteiger partial charge on any atom is 0.407 e. The largest absolute Gasteiger partial charge is 0.444 e. The zero-order valence-corrected chi connectivity index (χ0v) is 11.0. The summed E-state index contributed by atoms with van der Waals surface area (Å²) in [6, 6.07) is 0. The van der Waals surface area contributed by atoms with E-state index in [1.165, 1.54) is 0 Å². The molecule has 1 atom stereocenters. The molecule has 1 N–H and O–H groups in total. The number of alkyl carbamates (subject to hydrolysis) is 1. The zero-order chi connectivity index (χ0) is 13.0. The summed E-state index contributed by atoms with van der Waals surface area (Å²) in [6.45, 7) is 18.6. The summed E-state index contributed by atoms with van der Waals surface area (Å²) < 4.78 is 5.10. The van der Waals surface area contributed by atoms with Crippen LogP contribution < -0.4 is 5.32 Å². The van der Waals surface area contributed by atoms with E-state index in [0.29, 0.717) is 6.54 Å². The third-order valence-electron chi connectivity index (χ3n) is 2.49. The van der Waals surface area contributed by atoms with E-state index in [0.717, 1.165) is 0 Å². The molecule has 0 saturated carbocycles. The summed E-state index contributed by atoms with van der Waals surface area (Å²) in [6.07, 6.45) is -0.469. The molecule has 0 fully saturated rings. The van der Waals surface area contributed by atoms with Gasteiger partial charge in [0, 0.05) is 12.8 Å². The molecule has 0 aromatic rings. The number of rotatable bonds is 3. The van der Waals surface area contributed by atoms with Gasteiger partial charge in [-0.1, -0.05) is 13.8 Å². The average molecular weight is 226 g/mol. The van der Waals surface area contributed by atoms with E-state index < -0.39 is 17.2 Å². The second-order valence-corrected chi connectivity index (χ2v) is 5.48. The van der Waals surface area contributed by atoms with Crippen LogP contribution in [0, 0.1) is 12.5 Å². The van der Waals surface area contributed by atoms with E-state index in [-0.39, 0.29) is 5.92 Å². The fourth-order valence-corrected chi connectivity index (χ4v) is 0.938. The predicted octanol–water partition coefficient (Wildman–Crippen LogP) is 2.85. The van der Waals surface area contributed by atoms with Crippen LogP contribution in [0.1, 0.15) is 41.5 Å². The molecule has 0 heterocycles. The van der Waals surface area contributed by atoms with Crippen molar-refractivity contribution in [3.05, 3.63) is 11.4 Å². The van der Waals surface area contributed by atoms with Gasteiger partial charge in [0.25, 0.3) is 0 Å². The van der Waals surface area contributed by atoms with Crippen molar-refractivity contribution < 1.29 is 9.53 Å². The first-order valence-electron chi connectivity index (χ1n) is 5.46. The van der Waals surface area contributed by atoms with Crippen LogP contribution >= 0.6 is 0 Å². The number of hydrogen-bond acceptors (Lipinski definition) is 2. The Morgan fingerprint density at radius 1 is 1.38 bits per heavy atom. The number of amides is 1. The van der Waals surface area contributed by atoms with Crippen LogP contribution in [0.3, 0.4) is 0 Å².